The number of carbonyl (C=O) groups is 3. The fraction of sp³-hybridized carbons (Fsp3) is 0.250. The Kier molecular flexibility index (Phi) is 5.41. The molecular formula is C20H19NO5S. The zero-order chi connectivity index (χ0) is 19.6. The van der Waals surface area contributed by atoms with E-state index in [0.717, 1.165) is 4.88 Å². The number of hydrogen-bond acceptors (Lipinski definition) is 6. The van der Waals surface area contributed by atoms with Crippen LogP contribution >= 0.6 is 11.3 Å². The fourth-order valence-electron chi connectivity index (χ4n) is 2.97. The van der Waals surface area contributed by atoms with Crippen LogP contribution in [0.15, 0.2) is 30.3 Å². The van der Waals surface area contributed by atoms with E-state index in [9.17, 15) is 14.4 Å². The maximum absolute atomic E-state index is 12.8. The topological polar surface area (TPSA) is 74.6 Å². The standard InChI is InChI=1S/C20H19NO5S/c1-4-26-20(24)18-15(11-22)19-16(9-12(2)27-19)21(18)10-17(23)13-5-7-14(25-3)8-6-13/h5-9,11H,4,10H2,1-3H3. The van der Waals surface area contributed by atoms with Crippen molar-refractivity contribution in [1.82, 2.24) is 4.57 Å². The molecule has 3 aromatic rings. The molecule has 7 heteroatoms. The Morgan fingerprint density at radius 2 is 1.93 bits per heavy atom. The zero-order valence-corrected chi connectivity index (χ0v) is 16.1. The molecule has 0 spiro atoms. The van der Waals surface area contributed by atoms with Crippen LogP contribution < -0.4 is 4.74 Å². The van der Waals surface area contributed by atoms with Crippen LogP contribution in [0.1, 0.15) is 43.0 Å². The molecule has 0 atom stereocenters. The quantitative estimate of drug-likeness (QED) is 0.350. The lowest BCUT2D eigenvalue weighted by molar-refractivity contribution is 0.0512. The molecule has 2 heterocycles. The van der Waals surface area contributed by atoms with Gasteiger partial charge in [-0.1, -0.05) is 0 Å². The van der Waals surface area contributed by atoms with Crippen molar-refractivity contribution in [2.75, 3.05) is 13.7 Å². The highest BCUT2D eigenvalue weighted by Crippen LogP contribution is 2.33. The molecule has 0 saturated carbocycles. The predicted molar refractivity (Wildman–Crippen MR) is 103 cm³/mol. The van der Waals surface area contributed by atoms with Gasteiger partial charge in [0.05, 0.1) is 36.0 Å². The van der Waals surface area contributed by atoms with E-state index >= 15 is 0 Å². The highest BCUT2D eigenvalue weighted by molar-refractivity contribution is 7.19. The molecule has 0 amide bonds. The number of rotatable bonds is 7. The van der Waals surface area contributed by atoms with Crippen LogP contribution in [0.25, 0.3) is 10.2 Å². The van der Waals surface area contributed by atoms with Gasteiger partial charge in [0.1, 0.15) is 11.4 Å². The molecule has 0 fully saturated rings. The monoisotopic (exact) mass is 385 g/mol. The molecule has 0 aliphatic rings. The van der Waals surface area contributed by atoms with Crippen molar-refractivity contribution in [2.24, 2.45) is 0 Å². The maximum Gasteiger partial charge on any atom is 0.355 e. The fourth-order valence-corrected chi connectivity index (χ4v) is 3.99. The van der Waals surface area contributed by atoms with Gasteiger partial charge in [-0.3, -0.25) is 9.59 Å². The summed E-state index contributed by atoms with van der Waals surface area (Å²) in [5.74, 6) is -0.136. The normalized spacial score (nSPS) is 10.8. The Morgan fingerprint density at radius 1 is 1.22 bits per heavy atom. The lowest BCUT2D eigenvalue weighted by Crippen LogP contribution is -2.18. The van der Waals surface area contributed by atoms with Gasteiger partial charge in [0.25, 0.3) is 0 Å². The van der Waals surface area contributed by atoms with Crippen LogP contribution in [-0.4, -0.2) is 36.3 Å². The molecule has 27 heavy (non-hydrogen) atoms. The van der Waals surface area contributed by atoms with Gasteiger partial charge in [0.2, 0.25) is 0 Å². The molecule has 0 bridgehead atoms. The van der Waals surface area contributed by atoms with Gasteiger partial charge in [-0.05, 0) is 44.2 Å². The minimum Gasteiger partial charge on any atom is -0.497 e. The van der Waals surface area contributed by atoms with E-state index in [0.29, 0.717) is 27.8 Å². The van der Waals surface area contributed by atoms with Gasteiger partial charge >= 0.3 is 5.97 Å². The van der Waals surface area contributed by atoms with E-state index < -0.39 is 5.97 Å². The number of methoxy groups -OCH3 is 1. The number of thiophene rings is 1. The van der Waals surface area contributed by atoms with Gasteiger partial charge in [-0.25, -0.2) is 4.79 Å². The number of carbonyl (C=O) groups excluding carboxylic acids is 3. The summed E-state index contributed by atoms with van der Waals surface area (Å²) in [6, 6.07) is 8.63. The highest BCUT2D eigenvalue weighted by atomic mass is 32.1. The van der Waals surface area contributed by atoms with E-state index in [1.807, 2.05) is 13.0 Å². The van der Waals surface area contributed by atoms with Gasteiger partial charge in [-0.15, -0.1) is 11.3 Å². The van der Waals surface area contributed by atoms with E-state index in [-0.39, 0.29) is 30.2 Å². The van der Waals surface area contributed by atoms with Gasteiger partial charge in [0.15, 0.2) is 12.1 Å². The van der Waals surface area contributed by atoms with Crippen LogP contribution in [0.3, 0.4) is 0 Å². The summed E-state index contributed by atoms with van der Waals surface area (Å²) in [6.07, 6.45) is 0.652. The molecule has 0 radical (unpaired) electrons. The summed E-state index contributed by atoms with van der Waals surface area (Å²) in [7, 11) is 1.55. The number of fused-ring (bicyclic) bond motifs is 1. The number of esters is 1. The molecule has 0 aliphatic carbocycles. The summed E-state index contributed by atoms with van der Waals surface area (Å²) < 4.78 is 12.5. The number of aryl methyl sites for hydroxylation is 1. The van der Waals surface area contributed by atoms with E-state index in [1.54, 1.807) is 42.9 Å². The third-order valence-electron chi connectivity index (χ3n) is 4.20. The molecule has 6 nitrogen and oxygen atoms in total. The molecule has 2 aromatic heterocycles. The van der Waals surface area contributed by atoms with Crippen molar-refractivity contribution in [2.45, 2.75) is 20.4 Å². The summed E-state index contributed by atoms with van der Waals surface area (Å²) in [4.78, 5) is 37.9. The van der Waals surface area contributed by atoms with Crippen molar-refractivity contribution < 1.29 is 23.9 Å². The zero-order valence-electron chi connectivity index (χ0n) is 15.3. The van der Waals surface area contributed by atoms with Crippen LogP contribution in [0.5, 0.6) is 5.75 Å². The third kappa shape index (κ3) is 3.50. The van der Waals surface area contributed by atoms with E-state index in [2.05, 4.69) is 0 Å². The number of aldehydes is 1. The molecule has 0 saturated heterocycles. The SMILES string of the molecule is CCOC(=O)c1c(C=O)c2sc(C)cc2n1CC(=O)c1ccc(OC)cc1. The second-order valence-corrected chi connectivity index (χ2v) is 7.17. The van der Waals surface area contributed by atoms with Crippen molar-refractivity contribution in [3.8, 4) is 5.75 Å². The number of ketones is 1. The van der Waals surface area contributed by atoms with Crippen molar-refractivity contribution in [3.05, 3.63) is 52.0 Å². The lowest BCUT2D eigenvalue weighted by atomic mass is 10.1. The van der Waals surface area contributed by atoms with Gasteiger partial charge < -0.3 is 14.0 Å². The smallest absolute Gasteiger partial charge is 0.355 e. The summed E-state index contributed by atoms with van der Waals surface area (Å²) in [5, 5.41) is 0. The number of hydrogen-bond donors (Lipinski definition) is 0. The number of Topliss-reactive ketones (excluding diaryl/α,β-unsaturated/α-hetero) is 1. The average Bonchev–Trinajstić information content (AvgIpc) is 3.17. The van der Waals surface area contributed by atoms with Gasteiger partial charge in [-0.2, -0.15) is 0 Å². The van der Waals surface area contributed by atoms with Crippen molar-refractivity contribution in [1.29, 1.82) is 0 Å². The number of aromatic nitrogens is 1. The van der Waals surface area contributed by atoms with Crippen LogP contribution in [0.4, 0.5) is 0 Å². The van der Waals surface area contributed by atoms with Gasteiger partial charge in [0, 0.05) is 10.4 Å². The number of ether oxygens (including phenoxy) is 2. The Bertz CT molecular complexity index is 1010. The minimum absolute atomic E-state index is 0.0685. The lowest BCUT2D eigenvalue weighted by Gasteiger charge is -2.10. The molecule has 0 unspecified atom stereocenters. The van der Waals surface area contributed by atoms with Crippen molar-refractivity contribution >= 4 is 39.6 Å². The average molecular weight is 385 g/mol. The Labute approximate surface area is 160 Å². The largest absolute Gasteiger partial charge is 0.497 e. The predicted octanol–water partition coefficient (Wildman–Crippen LogP) is 3.89. The molecule has 1 aromatic carbocycles. The second kappa shape index (κ2) is 7.75. The van der Waals surface area contributed by atoms with Crippen LogP contribution in [0.2, 0.25) is 0 Å². The molecular weight excluding hydrogens is 366 g/mol. The van der Waals surface area contributed by atoms with E-state index in [1.165, 1.54) is 11.3 Å². The highest BCUT2D eigenvalue weighted by Gasteiger charge is 2.26. The number of benzene rings is 1. The minimum atomic E-state index is -0.608. The van der Waals surface area contributed by atoms with Crippen LogP contribution in [-0.2, 0) is 11.3 Å². The first kappa shape index (κ1) is 18.8. The first-order chi connectivity index (χ1) is 13.0. The number of nitrogens with zero attached hydrogens (tertiary/aromatic N) is 1. The Morgan fingerprint density at radius 3 is 2.52 bits per heavy atom. The molecule has 140 valence electrons. The third-order valence-corrected chi connectivity index (χ3v) is 5.27. The molecule has 0 aliphatic heterocycles. The van der Waals surface area contributed by atoms with Crippen LogP contribution in [0, 0.1) is 6.92 Å². The first-order valence-corrected chi connectivity index (χ1v) is 9.24. The second-order valence-electron chi connectivity index (χ2n) is 5.91. The molecule has 3 rings (SSSR count). The summed E-state index contributed by atoms with van der Waals surface area (Å²) in [6.45, 7) is 3.72. The summed E-state index contributed by atoms with van der Waals surface area (Å²) >= 11 is 1.41. The Hall–Kier alpha value is -2.93. The Balaban J connectivity index is 2.07. The van der Waals surface area contributed by atoms with Crippen molar-refractivity contribution in [3.63, 3.8) is 0 Å². The van der Waals surface area contributed by atoms with E-state index in [4.69, 9.17) is 9.47 Å². The first-order valence-electron chi connectivity index (χ1n) is 8.42. The maximum atomic E-state index is 12.8. The molecule has 0 N–H and O–H groups in total. The summed E-state index contributed by atoms with van der Waals surface area (Å²) in [5.41, 5.74) is 1.57.